The number of ether oxygens (including phenoxy) is 4. The van der Waals surface area contributed by atoms with Crippen LogP contribution in [0.25, 0.3) is 0 Å². The minimum absolute atomic E-state index is 0.00934. The van der Waals surface area contributed by atoms with Crippen LogP contribution < -0.4 is 10.6 Å². The number of fused-ring (bicyclic) bond motifs is 2. The van der Waals surface area contributed by atoms with Crippen molar-refractivity contribution in [2.45, 2.75) is 213 Å². The number of hydrogen-bond acceptors (Lipinski definition) is 10. The molecular weight excluding hydrogens is 728 g/mol. The highest BCUT2D eigenvalue weighted by atomic mass is 16.6. The van der Waals surface area contributed by atoms with Crippen LogP contribution in [0.1, 0.15) is 161 Å². The van der Waals surface area contributed by atoms with E-state index in [0.717, 1.165) is 38.5 Å². The molecule has 1 heterocycles. The van der Waals surface area contributed by atoms with Gasteiger partial charge in [0.05, 0.1) is 29.5 Å². The first kappa shape index (κ1) is 44.4. The normalized spacial score (nSPS) is 42.7. The van der Waals surface area contributed by atoms with Gasteiger partial charge in [-0.25, -0.2) is 14.4 Å². The van der Waals surface area contributed by atoms with E-state index in [1.165, 1.54) is 0 Å². The second-order valence-electron chi connectivity index (χ2n) is 23.1. The number of aliphatic hydroxyl groups excluding tert-OH is 2. The van der Waals surface area contributed by atoms with E-state index in [2.05, 4.69) is 45.3 Å². The van der Waals surface area contributed by atoms with Crippen LogP contribution in [0, 0.1) is 44.8 Å². The molecule has 0 bridgehead atoms. The van der Waals surface area contributed by atoms with E-state index in [-0.39, 0.29) is 58.5 Å². The summed E-state index contributed by atoms with van der Waals surface area (Å²) in [4.78, 5) is 40.0. The molecule has 57 heavy (non-hydrogen) atoms. The fraction of sp³-hybridized carbons (Fsp3) is 0.933. The smallest absolute Gasteiger partial charge is 0.408 e. The Bertz CT molecular complexity index is 1560. The number of carbonyl (C=O) groups excluding carboxylic acids is 3. The van der Waals surface area contributed by atoms with Crippen molar-refractivity contribution in [3.05, 3.63) is 0 Å². The van der Waals surface area contributed by atoms with Crippen LogP contribution in [-0.4, -0.2) is 92.9 Å². The molecule has 0 aromatic rings. The highest BCUT2D eigenvalue weighted by Crippen LogP contribution is 2.89. The largest absolute Gasteiger partial charge is 0.460 e. The number of hydrogen-bond donors (Lipinski definition) is 5. The molecule has 13 atom stereocenters. The lowest BCUT2D eigenvalue weighted by molar-refractivity contribution is -0.221. The molecule has 6 aliphatic rings. The van der Waals surface area contributed by atoms with Crippen LogP contribution in [0.15, 0.2) is 0 Å². The lowest BCUT2D eigenvalue weighted by Gasteiger charge is -2.64. The number of aliphatic hydroxyl groups is 3. The van der Waals surface area contributed by atoms with E-state index < -0.39 is 70.3 Å². The van der Waals surface area contributed by atoms with Crippen LogP contribution in [-0.2, 0) is 23.7 Å². The van der Waals surface area contributed by atoms with Crippen LogP contribution in [0.2, 0.25) is 0 Å². The Labute approximate surface area is 341 Å². The summed E-state index contributed by atoms with van der Waals surface area (Å²) in [6.07, 6.45) is 4.55. The van der Waals surface area contributed by atoms with Crippen molar-refractivity contribution in [2.24, 2.45) is 44.8 Å². The Morgan fingerprint density at radius 3 is 2.04 bits per heavy atom. The van der Waals surface area contributed by atoms with Crippen LogP contribution in [0.5, 0.6) is 0 Å². The molecule has 6 fully saturated rings. The van der Waals surface area contributed by atoms with Crippen molar-refractivity contribution in [1.82, 2.24) is 10.6 Å². The molecule has 2 unspecified atom stereocenters. The summed E-state index contributed by atoms with van der Waals surface area (Å²) in [5.41, 5.74) is -4.23. The summed E-state index contributed by atoms with van der Waals surface area (Å²) < 4.78 is 24.4. The predicted molar refractivity (Wildman–Crippen MR) is 215 cm³/mol. The molecule has 5 N–H and O–H groups in total. The van der Waals surface area contributed by atoms with Gasteiger partial charge in [-0.15, -0.1) is 0 Å². The molecule has 5 saturated carbocycles. The summed E-state index contributed by atoms with van der Waals surface area (Å²) in [6, 6.07) is -1.04. The van der Waals surface area contributed by atoms with Gasteiger partial charge in [-0.1, -0.05) is 27.7 Å². The average Bonchev–Trinajstić information content (AvgIpc) is 3.40. The maximum Gasteiger partial charge on any atom is 0.408 e. The zero-order chi connectivity index (χ0) is 42.6. The number of alkyl carbamates (subject to hydrolysis) is 2. The van der Waals surface area contributed by atoms with E-state index in [0.29, 0.717) is 25.7 Å². The van der Waals surface area contributed by atoms with Gasteiger partial charge in [0, 0.05) is 18.4 Å². The molecule has 0 aromatic heterocycles. The van der Waals surface area contributed by atoms with Gasteiger partial charge in [0.2, 0.25) is 0 Å². The third kappa shape index (κ3) is 7.62. The maximum absolute atomic E-state index is 14.5. The highest BCUT2D eigenvalue weighted by molar-refractivity contribution is 5.81. The second-order valence-corrected chi connectivity index (χ2v) is 23.1. The standard InChI is InChI=1S/C45H76N2O10/c1-37(2,3)56-35(51)46-22-14-15-26(47-36(52)57-38(4,5)6)34(50)54-28-23-29-42(12)24-27(48)32(43(13)18-17-31(55-43)40(9,10)53)41(42,11)20-21-44(29)25-45(44)19-16-30(49)39(7,8)33(28)45/h26-33,48-49,53H,14-25H2,1-13H3,(H,46,51)(H,47,52)/t26-,27-,28-,29?,30-,31-,32-,33-,41+,42-,43+,44?,45+/m0/s1. The van der Waals surface area contributed by atoms with Gasteiger partial charge in [0.15, 0.2) is 0 Å². The topological polar surface area (TPSA) is 173 Å². The Kier molecular flexibility index (Phi) is 11.1. The molecular formula is C45H76N2O10. The molecule has 12 heteroatoms. The van der Waals surface area contributed by atoms with Gasteiger partial charge >= 0.3 is 18.2 Å². The predicted octanol–water partition coefficient (Wildman–Crippen LogP) is 7.19. The average molecular weight is 805 g/mol. The second kappa shape index (κ2) is 14.2. The van der Waals surface area contributed by atoms with Crippen LogP contribution in [0.3, 0.4) is 0 Å². The van der Waals surface area contributed by atoms with Crippen molar-refractivity contribution in [3.8, 4) is 0 Å². The molecule has 326 valence electrons. The minimum Gasteiger partial charge on any atom is -0.460 e. The van der Waals surface area contributed by atoms with Gasteiger partial charge in [0.1, 0.15) is 23.3 Å². The number of carbonyl (C=O) groups is 3. The monoisotopic (exact) mass is 805 g/mol. The van der Waals surface area contributed by atoms with Crippen molar-refractivity contribution in [2.75, 3.05) is 6.54 Å². The molecule has 1 aliphatic heterocycles. The zero-order valence-corrected chi connectivity index (χ0v) is 37.3. The van der Waals surface area contributed by atoms with Crippen LogP contribution >= 0.6 is 0 Å². The minimum atomic E-state index is -1.04. The summed E-state index contributed by atoms with van der Waals surface area (Å²) >= 11 is 0. The SMILES string of the molecule is CC(C)(C)OC(=O)NCCC[C@H](NC(=O)OC(C)(C)C)C(=O)O[C@H]1CC2C3(CC[C@]4(C)[C@@H]([C@@]5(C)CC[C@@H](C(C)(C)O)O5)[C@@H](O)C[C@@]24C)C[C@@]32CC[C@H](O)C(C)(C)[C@H]12. The quantitative estimate of drug-likeness (QED) is 0.0913. The summed E-state index contributed by atoms with van der Waals surface area (Å²) in [5, 5.41) is 40.2. The fourth-order valence-corrected chi connectivity index (χ4v) is 14.0. The molecule has 0 aromatic carbocycles. The van der Waals surface area contributed by atoms with E-state index in [1.807, 2.05) is 0 Å². The first-order valence-electron chi connectivity index (χ1n) is 21.9. The Hall–Kier alpha value is -2.15. The Morgan fingerprint density at radius 2 is 1.44 bits per heavy atom. The number of amides is 2. The number of rotatable bonds is 9. The van der Waals surface area contributed by atoms with E-state index in [4.69, 9.17) is 18.9 Å². The summed E-state index contributed by atoms with van der Waals surface area (Å²) in [5.74, 6) is -0.633. The van der Waals surface area contributed by atoms with E-state index >= 15 is 0 Å². The Morgan fingerprint density at radius 1 is 0.807 bits per heavy atom. The highest BCUT2D eigenvalue weighted by Gasteiger charge is 2.85. The van der Waals surface area contributed by atoms with Gasteiger partial charge in [-0.2, -0.15) is 0 Å². The molecule has 12 nitrogen and oxygen atoms in total. The zero-order valence-electron chi connectivity index (χ0n) is 37.3. The first-order valence-corrected chi connectivity index (χ1v) is 21.9. The summed E-state index contributed by atoms with van der Waals surface area (Å²) in [6.45, 7) is 25.6. The lowest BCUT2D eigenvalue weighted by atomic mass is 9.41. The van der Waals surface area contributed by atoms with E-state index in [9.17, 15) is 29.7 Å². The van der Waals surface area contributed by atoms with Crippen molar-refractivity contribution < 1.29 is 48.7 Å². The molecule has 2 spiro atoms. The molecule has 5 aliphatic carbocycles. The third-order valence-electron chi connectivity index (χ3n) is 16.3. The number of esters is 1. The van der Waals surface area contributed by atoms with Crippen molar-refractivity contribution in [1.29, 1.82) is 0 Å². The van der Waals surface area contributed by atoms with Gasteiger partial charge in [-0.05, 0) is 166 Å². The molecule has 2 amide bonds. The first-order chi connectivity index (χ1) is 25.9. The lowest BCUT2D eigenvalue weighted by Crippen LogP contribution is -2.63. The van der Waals surface area contributed by atoms with Gasteiger partial charge in [-0.3, -0.25) is 0 Å². The number of nitrogens with one attached hydrogen (secondary N) is 2. The molecule has 1 saturated heterocycles. The van der Waals surface area contributed by atoms with Crippen LogP contribution in [0.4, 0.5) is 9.59 Å². The Balaban J connectivity index is 1.29. The van der Waals surface area contributed by atoms with Crippen molar-refractivity contribution in [3.63, 3.8) is 0 Å². The third-order valence-corrected chi connectivity index (χ3v) is 16.3. The van der Waals surface area contributed by atoms with E-state index in [1.54, 1.807) is 55.4 Å². The van der Waals surface area contributed by atoms with Crippen molar-refractivity contribution >= 4 is 18.2 Å². The fourth-order valence-electron chi connectivity index (χ4n) is 14.0. The summed E-state index contributed by atoms with van der Waals surface area (Å²) in [7, 11) is 0. The molecule has 0 radical (unpaired) electrons. The van der Waals surface area contributed by atoms with Gasteiger partial charge in [0.25, 0.3) is 0 Å². The molecule has 6 rings (SSSR count). The van der Waals surface area contributed by atoms with Gasteiger partial charge < -0.3 is 44.9 Å². The maximum atomic E-state index is 14.5.